The van der Waals surface area contributed by atoms with Crippen molar-refractivity contribution in [3.8, 4) is 0 Å². The maximum absolute atomic E-state index is 12.3. The van der Waals surface area contributed by atoms with Crippen LogP contribution < -0.4 is 0 Å². The Kier molecular flexibility index (Phi) is 7.07. The molecule has 0 N–H and O–H groups in total. The number of sulfonamides is 1. The molecule has 0 spiro atoms. The van der Waals surface area contributed by atoms with E-state index in [1.807, 2.05) is 0 Å². The van der Waals surface area contributed by atoms with E-state index in [9.17, 15) is 30.0 Å². The second-order valence-electron chi connectivity index (χ2n) is 9.05. The van der Waals surface area contributed by atoms with Gasteiger partial charge >= 0.3 is 5.51 Å². The van der Waals surface area contributed by atoms with E-state index in [1.165, 1.54) is 12.1 Å². The summed E-state index contributed by atoms with van der Waals surface area (Å²) in [5.41, 5.74) is -4.78. The van der Waals surface area contributed by atoms with Crippen LogP contribution >= 0.6 is 0 Å². The monoisotopic (exact) mass is 442 g/mol. The summed E-state index contributed by atoms with van der Waals surface area (Å²) in [6.07, 6.45) is 0.849. The van der Waals surface area contributed by atoms with Gasteiger partial charge in [-0.1, -0.05) is 53.7 Å². The highest BCUT2D eigenvalue weighted by Gasteiger charge is 2.39. The number of hydrogen-bond donors (Lipinski definition) is 0. The largest absolute Gasteiger partial charge is 0.528 e. The molecule has 0 amide bonds. The van der Waals surface area contributed by atoms with Gasteiger partial charge in [-0.3, -0.25) is 0 Å². The van der Waals surface area contributed by atoms with Gasteiger partial charge in [0.1, 0.15) is 0 Å². The number of hydrogen-bond acceptors (Lipinski definition) is 4. The van der Waals surface area contributed by atoms with Crippen molar-refractivity contribution in [1.82, 2.24) is 0 Å². The Morgan fingerprint density at radius 1 is 0.893 bits per heavy atom. The lowest BCUT2D eigenvalue weighted by Crippen LogP contribution is -2.24. The summed E-state index contributed by atoms with van der Waals surface area (Å²) in [4.78, 5) is -0.277. The second-order valence-corrected chi connectivity index (χ2v) is 12.7. The Morgan fingerprint density at radius 3 is 1.71 bits per heavy atom. The minimum atomic E-state index is -5.85. The Balaban J connectivity index is 3.10. The third-order valence-corrected chi connectivity index (χ3v) is 6.87. The summed E-state index contributed by atoms with van der Waals surface area (Å²) in [6.45, 7) is 12.5. The predicted molar refractivity (Wildman–Crippen MR) is 103 cm³/mol. The molecule has 1 rings (SSSR count). The van der Waals surface area contributed by atoms with Crippen LogP contribution in [-0.2, 0) is 19.9 Å². The van der Waals surface area contributed by atoms with E-state index >= 15 is 0 Å². The van der Waals surface area contributed by atoms with Crippen LogP contribution in [0.15, 0.2) is 29.2 Å². The molecule has 0 aromatic heterocycles. The van der Waals surface area contributed by atoms with Crippen LogP contribution in [0.25, 0.3) is 4.72 Å². The molecule has 10 heteroatoms. The van der Waals surface area contributed by atoms with E-state index in [4.69, 9.17) is 0 Å². The van der Waals surface area contributed by atoms with Crippen LogP contribution in [0.4, 0.5) is 13.2 Å². The van der Waals surface area contributed by atoms with Crippen molar-refractivity contribution < 1.29 is 30.0 Å². The van der Waals surface area contributed by atoms with E-state index in [1.54, 1.807) is 12.1 Å². The van der Waals surface area contributed by atoms with Crippen molar-refractivity contribution in [1.29, 1.82) is 0 Å². The summed E-state index contributed by atoms with van der Waals surface area (Å²) in [7, 11) is -10.2. The standard InChI is InChI=1S/C18H27F3NO4S2/c1-16(2,3)11-15(17(4,5)6)13-7-9-14(10-8-13)27(23,24)12-22-28(25,26)18(19,20)21/h7-10,15H,11-12H2,1-6H3/q-1. The molecule has 5 nitrogen and oxygen atoms in total. The topological polar surface area (TPSA) is 82.4 Å². The Morgan fingerprint density at radius 2 is 1.36 bits per heavy atom. The molecule has 1 atom stereocenters. The van der Waals surface area contributed by atoms with E-state index in [0.717, 1.165) is 12.0 Å². The molecule has 0 bridgehead atoms. The highest BCUT2D eigenvalue weighted by atomic mass is 32.2. The van der Waals surface area contributed by atoms with Gasteiger partial charge in [-0.05, 0) is 46.7 Å². The summed E-state index contributed by atoms with van der Waals surface area (Å²) in [5, 5.41) is 0. The maximum atomic E-state index is 12.3. The van der Waals surface area contributed by atoms with E-state index in [0.29, 0.717) is 0 Å². The van der Waals surface area contributed by atoms with Crippen molar-refractivity contribution >= 4 is 19.9 Å². The molecule has 0 aliphatic heterocycles. The number of halogens is 3. The van der Waals surface area contributed by atoms with Gasteiger partial charge in [0.15, 0.2) is 19.9 Å². The zero-order valence-corrected chi connectivity index (χ0v) is 18.5. The third-order valence-electron chi connectivity index (χ3n) is 4.19. The molecule has 1 aromatic rings. The molecule has 0 fully saturated rings. The van der Waals surface area contributed by atoms with Gasteiger partial charge in [-0.15, -0.1) is 0 Å². The van der Waals surface area contributed by atoms with E-state index in [-0.39, 0.29) is 21.6 Å². The molecule has 0 aliphatic rings. The van der Waals surface area contributed by atoms with Gasteiger partial charge in [-0.2, -0.15) is 13.2 Å². The van der Waals surface area contributed by atoms with Crippen molar-refractivity contribution in [3.05, 3.63) is 34.6 Å². The fourth-order valence-corrected chi connectivity index (χ4v) is 4.69. The van der Waals surface area contributed by atoms with Gasteiger partial charge in [0, 0.05) is 0 Å². The SMILES string of the molecule is CC(C)(C)CC(c1ccc(S(=O)(=O)C[N-]S(=O)(=O)C(F)(F)F)cc1)C(C)(C)C. The summed E-state index contributed by atoms with van der Waals surface area (Å²) >= 11 is 0. The molecule has 0 aliphatic carbocycles. The second kappa shape index (κ2) is 7.95. The van der Waals surface area contributed by atoms with Gasteiger partial charge in [0.05, 0.1) is 4.90 Å². The lowest BCUT2D eigenvalue weighted by atomic mass is 9.69. The highest BCUT2D eigenvalue weighted by Crippen LogP contribution is 2.43. The number of nitrogens with zero attached hydrogens (tertiary/aromatic N) is 1. The molecule has 0 radical (unpaired) electrons. The van der Waals surface area contributed by atoms with Gasteiger partial charge < -0.3 is 4.72 Å². The predicted octanol–water partition coefficient (Wildman–Crippen LogP) is 5.21. The average Bonchev–Trinajstić information content (AvgIpc) is 2.48. The first-order valence-electron chi connectivity index (χ1n) is 8.59. The van der Waals surface area contributed by atoms with E-state index < -0.39 is 31.2 Å². The Labute approximate surface area is 165 Å². The lowest BCUT2D eigenvalue weighted by Gasteiger charge is -2.36. The number of alkyl halides is 3. The van der Waals surface area contributed by atoms with Crippen LogP contribution in [0.1, 0.15) is 59.4 Å². The zero-order valence-electron chi connectivity index (χ0n) is 16.8. The fraction of sp³-hybridized carbons (Fsp3) is 0.667. The van der Waals surface area contributed by atoms with Crippen molar-refractivity contribution in [2.45, 2.75) is 64.3 Å². The normalized spacial score (nSPS) is 15.5. The molecular formula is C18H27F3NO4S2-. The first-order valence-corrected chi connectivity index (χ1v) is 11.7. The van der Waals surface area contributed by atoms with Crippen LogP contribution in [0, 0.1) is 10.8 Å². The van der Waals surface area contributed by atoms with Crippen LogP contribution in [0.2, 0.25) is 0 Å². The molecule has 0 saturated heterocycles. The first-order chi connectivity index (χ1) is 12.3. The van der Waals surface area contributed by atoms with Gasteiger partial charge in [0.2, 0.25) is 0 Å². The molecule has 162 valence electrons. The fourth-order valence-electron chi connectivity index (χ4n) is 2.73. The van der Waals surface area contributed by atoms with Crippen molar-refractivity contribution in [2.75, 3.05) is 5.88 Å². The molecule has 1 unspecified atom stereocenters. The van der Waals surface area contributed by atoms with Gasteiger partial charge in [-0.25, -0.2) is 16.8 Å². The minimum Gasteiger partial charge on any atom is -0.528 e. The molecule has 0 saturated carbocycles. The first kappa shape index (κ1) is 24.9. The highest BCUT2D eigenvalue weighted by molar-refractivity contribution is 7.97. The average molecular weight is 443 g/mol. The zero-order chi connectivity index (χ0) is 22.2. The van der Waals surface area contributed by atoms with Gasteiger partial charge in [0.25, 0.3) is 0 Å². The summed E-state index contributed by atoms with van der Waals surface area (Å²) in [5.74, 6) is -1.36. The molecule has 1 aromatic carbocycles. The number of sulfone groups is 1. The van der Waals surface area contributed by atoms with Crippen LogP contribution in [0.3, 0.4) is 0 Å². The molecule has 0 heterocycles. The lowest BCUT2D eigenvalue weighted by molar-refractivity contribution is -0.0426. The molecule has 28 heavy (non-hydrogen) atoms. The Bertz CT molecular complexity index is 877. The minimum absolute atomic E-state index is 0.0352. The summed E-state index contributed by atoms with van der Waals surface area (Å²) in [6, 6.07) is 5.79. The maximum Gasteiger partial charge on any atom is 0.480 e. The van der Waals surface area contributed by atoms with Crippen molar-refractivity contribution in [3.63, 3.8) is 0 Å². The number of rotatable bonds is 6. The smallest absolute Gasteiger partial charge is 0.480 e. The van der Waals surface area contributed by atoms with Crippen LogP contribution in [-0.4, -0.2) is 28.2 Å². The Hall–Kier alpha value is -1.13. The molecular weight excluding hydrogens is 415 g/mol. The third kappa shape index (κ3) is 6.73. The van der Waals surface area contributed by atoms with Crippen LogP contribution in [0.5, 0.6) is 0 Å². The van der Waals surface area contributed by atoms with Crippen molar-refractivity contribution in [2.24, 2.45) is 10.8 Å². The van der Waals surface area contributed by atoms with E-state index in [2.05, 4.69) is 46.3 Å². The summed E-state index contributed by atoms with van der Waals surface area (Å²) < 4.78 is 85.6. The quantitative estimate of drug-likeness (QED) is 0.606. The number of benzene rings is 1.